The summed E-state index contributed by atoms with van der Waals surface area (Å²) in [5, 5.41) is 16.3. The molecule has 2 fully saturated rings. The van der Waals surface area contributed by atoms with Crippen LogP contribution in [0.25, 0.3) is 0 Å². The summed E-state index contributed by atoms with van der Waals surface area (Å²) in [5.74, 6) is -4.66. The van der Waals surface area contributed by atoms with Gasteiger partial charge in [-0.05, 0) is 60.8 Å². The number of nitrogens with one attached hydrogen (secondary N) is 2. The summed E-state index contributed by atoms with van der Waals surface area (Å²) in [4.78, 5) is 85.6. The number of methoxy groups -OCH3 is 1. The van der Waals surface area contributed by atoms with Crippen molar-refractivity contribution in [3.05, 3.63) is 65.6 Å². The molecule has 14 heteroatoms. The monoisotopic (exact) mass is 736 g/mol. The molecule has 3 aliphatic heterocycles. The SMILES string of the molecule is C=C1OC(=O)[C@@H]2Cc3ccc(OC)cc3CN2C(=O)[C@@H]2CCCN2C(=O)[C@H](CC(C)C)NC(=O)[C@H](C(C)C)OC(=O)C[C@H](O)/C(=C\CC)NC(=O)C1=C. The van der Waals surface area contributed by atoms with E-state index in [4.69, 9.17) is 14.2 Å². The Kier molecular flexibility index (Phi) is 13.6. The predicted molar refractivity (Wildman–Crippen MR) is 193 cm³/mol. The minimum Gasteiger partial charge on any atom is -0.497 e. The zero-order valence-electron chi connectivity index (χ0n) is 31.4. The lowest BCUT2D eigenvalue weighted by molar-refractivity contribution is -0.161. The molecule has 2 saturated heterocycles. The highest BCUT2D eigenvalue weighted by molar-refractivity contribution is 5.99. The van der Waals surface area contributed by atoms with Crippen molar-refractivity contribution in [2.45, 2.75) is 110 Å². The van der Waals surface area contributed by atoms with Gasteiger partial charge in [-0.1, -0.05) is 59.9 Å². The smallest absolute Gasteiger partial charge is 0.334 e. The fourth-order valence-electron chi connectivity index (χ4n) is 6.78. The summed E-state index contributed by atoms with van der Waals surface area (Å²) in [6.45, 7) is 16.6. The first kappa shape index (κ1) is 40.8. The first-order valence-corrected chi connectivity index (χ1v) is 18.1. The van der Waals surface area contributed by atoms with Gasteiger partial charge in [-0.3, -0.25) is 24.0 Å². The van der Waals surface area contributed by atoms with Crippen LogP contribution in [0.15, 0.2) is 54.5 Å². The number of aliphatic hydroxyl groups is 1. The van der Waals surface area contributed by atoms with Crippen molar-refractivity contribution in [3.8, 4) is 5.75 Å². The summed E-state index contributed by atoms with van der Waals surface area (Å²) in [6, 6.07) is 2.19. The Labute approximate surface area is 310 Å². The van der Waals surface area contributed by atoms with E-state index in [1.54, 1.807) is 39.0 Å². The molecule has 288 valence electrons. The molecule has 0 saturated carbocycles. The molecule has 0 unspecified atom stereocenters. The van der Waals surface area contributed by atoms with E-state index in [9.17, 15) is 33.9 Å². The van der Waals surface area contributed by atoms with Gasteiger partial charge in [0.05, 0.1) is 19.1 Å². The van der Waals surface area contributed by atoms with Gasteiger partial charge in [0.1, 0.15) is 35.7 Å². The van der Waals surface area contributed by atoms with Crippen LogP contribution in [0.2, 0.25) is 0 Å². The van der Waals surface area contributed by atoms with Crippen molar-refractivity contribution in [3.63, 3.8) is 0 Å². The second-order valence-corrected chi connectivity index (χ2v) is 14.4. The van der Waals surface area contributed by atoms with E-state index in [1.807, 2.05) is 13.8 Å². The number of aliphatic hydroxyl groups excluding tert-OH is 1. The van der Waals surface area contributed by atoms with Gasteiger partial charge in [0.15, 0.2) is 6.10 Å². The molecular formula is C39H52N4O10. The van der Waals surface area contributed by atoms with Crippen LogP contribution in [0.5, 0.6) is 5.75 Å². The van der Waals surface area contributed by atoms with Crippen LogP contribution in [0, 0.1) is 11.8 Å². The van der Waals surface area contributed by atoms with Crippen LogP contribution in [0.4, 0.5) is 0 Å². The number of esters is 2. The van der Waals surface area contributed by atoms with Gasteiger partial charge < -0.3 is 39.8 Å². The molecule has 53 heavy (non-hydrogen) atoms. The molecule has 0 aliphatic carbocycles. The van der Waals surface area contributed by atoms with E-state index in [-0.39, 0.29) is 48.9 Å². The van der Waals surface area contributed by atoms with E-state index in [0.717, 1.165) is 11.1 Å². The number of hydrogen-bond donors (Lipinski definition) is 3. The maximum atomic E-state index is 14.5. The van der Waals surface area contributed by atoms with Crippen molar-refractivity contribution in [1.29, 1.82) is 0 Å². The molecule has 5 atom stereocenters. The third kappa shape index (κ3) is 9.72. The van der Waals surface area contributed by atoms with Crippen molar-refractivity contribution in [1.82, 2.24) is 20.4 Å². The summed E-state index contributed by atoms with van der Waals surface area (Å²) >= 11 is 0. The second-order valence-electron chi connectivity index (χ2n) is 14.4. The quantitative estimate of drug-likeness (QED) is 0.301. The fourth-order valence-corrected chi connectivity index (χ4v) is 6.78. The largest absolute Gasteiger partial charge is 0.497 e. The van der Waals surface area contributed by atoms with Gasteiger partial charge in [0.25, 0.3) is 11.8 Å². The Morgan fingerprint density at radius 2 is 1.72 bits per heavy atom. The average molecular weight is 737 g/mol. The Bertz CT molecular complexity index is 1670. The van der Waals surface area contributed by atoms with E-state index < -0.39 is 78.2 Å². The first-order valence-electron chi connectivity index (χ1n) is 18.1. The maximum Gasteiger partial charge on any atom is 0.334 e. The summed E-state index contributed by atoms with van der Waals surface area (Å²) < 4.78 is 16.6. The Hall–Kier alpha value is -4.98. The highest BCUT2D eigenvalue weighted by Gasteiger charge is 2.45. The van der Waals surface area contributed by atoms with Gasteiger partial charge in [-0.25, -0.2) is 4.79 Å². The molecule has 1 aromatic carbocycles. The normalized spacial score (nSPS) is 26.4. The molecular weight excluding hydrogens is 684 g/mol. The summed E-state index contributed by atoms with van der Waals surface area (Å²) in [5.41, 5.74) is 1.16. The Balaban J connectivity index is 1.78. The predicted octanol–water partition coefficient (Wildman–Crippen LogP) is 2.83. The Morgan fingerprint density at radius 3 is 2.36 bits per heavy atom. The van der Waals surface area contributed by atoms with Crippen molar-refractivity contribution >= 4 is 35.6 Å². The molecule has 0 radical (unpaired) electrons. The minimum atomic E-state index is -1.54. The third-order valence-electron chi connectivity index (χ3n) is 9.60. The van der Waals surface area contributed by atoms with Crippen molar-refractivity contribution in [2.75, 3.05) is 13.7 Å². The number of cyclic esters (lactones) is 2. The maximum absolute atomic E-state index is 14.5. The molecule has 3 heterocycles. The van der Waals surface area contributed by atoms with Gasteiger partial charge in [-0.15, -0.1) is 0 Å². The molecule has 0 bridgehead atoms. The Morgan fingerprint density at radius 1 is 1.00 bits per heavy atom. The molecule has 14 nitrogen and oxygen atoms in total. The number of amides is 4. The molecule has 4 amide bonds. The van der Waals surface area contributed by atoms with Gasteiger partial charge >= 0.3 is 11.9 Å². The standard InChI is InChI=1S/C39H52N4O10/c1-9-11-28-32(44)19-33(45)53-34(22(4)5)36(47)41-29(16-21(2)3)37(48)42-15-10-12-30(42)38(49)43-20-26-17-27(51-8)14-13-25(26)18-31(43)39(50)52-24(7)23(6)35(46)40-28/h11,13-14,17,21-22,29-32,34,44H,6-7,9-10,12,15-16,18-20H2,1-5,8H3,(H,40,46)(H,41,47)/b28-11+/t29-,30-,31-,32-,34-/m0/s1. The van der Waals surface area contributed by atoms with Crippen LogP contribution in [0.1, 0.15) is 77.8 Å². The zero-order chi connectivity index (χ0) is 39.1. The lowest BCUT2D eigenvalue weighted by Crippen LogP contribution is -2.58. The number of hydrogen-bond acceptors (Lipinski definition) is 10. The van der Waals surface area contributed by atoms with Crippen molar-refractivity contribution in [2.24, 2.45) is 11.8 Å². The molecule has 3 aliphatic rings. The lowest BCUT2D eigenvalue weighted by Gasteiger charge is -2.39. The second kappa shape index (κ2) is 17.7. The number of carbonyl (C=O) groups excluding carboxylic acids is 6. The van der Waals surface area contributed by atoms with Crippen LogP contribution in [-0.2, 0) is 51.2 Å². The number of benzene rings is 1. The van der Waals surface area contributed by atoms with Crippen LogP contribution in [0.3, 0.4) is 0 Å². The number of nitrogens with zero attached hydrogens (tertiary/aromatic N) is 2. The van der Waals surface area contributed by atoms with Crippen LogP contribution < -0.4 is 15.4 Å². The average Bonchev–Trinajstić information content (AvgIpc) is 3.60. The van der Waals surface area contributed by atoms with E-state index in [0.29, 0.717) is 25.0 Å². The van der Waals surface area contributed by atoms with Crippen LogP contribution in [-0.4, -0.2) is 94.5 Å². The van der Waals surface area contributed by atoms with Gasteiger partial charge in [0, 0.05) is 25.2 Å². The van der Waals surface area contributed by atoms with Crippen molar-refractivity contribution < 1.29 is 48.1 Å². The van der Waals surface area contributed by atoms with E-state index >= 15 is 0 Å². The first-order chi connectivity index (χ1) is 25.1. The van der Waals surface area contributed by atoms with Gasteiger partial charge in [0.2, 0.25) is 11.8 Å². The summed E-state index contributed by atoms with van der Waals surface area (Å²) in [7, 11) is 1.52. The van der Waals surface area contributed by atoms with Gasteiger partial charge in [-0.2, -0.15) is 0 Å². The zero-order valence-corrected chi connectivity index (χ0v) is 31.4. The third-order valence-corrected chi connectivity index (χ3v) is 9.60. The number of carbonyl (C=O) groups is 6. The molecule has 1 aromatic rings. The molecule has 3 N–H and O–H groups in total. The molecule has 0 spiro atoms. The summed E-state index contributed by atoms with van der Waals surface area (Å²) in [6.07, 6.45) is -0.465. The topological polar surface area (TPSA) is 181 Å². The molecule has 0 aromatic heterocycles. The fraction of sp³-hybridized carbons (Fsp3) is 0.538. The number of fused-ring (bicyclic) bond motifs is 3. The number of allylic oxidation sites excluding steroid dienone is 1. The minimum absolute atomic E-state index is 0.00816. The highest BCUT2D eigenvalue weighted by Crippen LogP contribution is 2.31. The van der Waals surface area contributed by atoms with E-state index in [1.165, 1.54) is 23.0 Å². The van der Waals surface area contributed by atoms with E-state index in [2.05, 4.69) is 23.8 Å². The lowest BCUT2D eigenvalue weighted by atomic mass is 9.92. The number of rotatable bonds is 5. The highest BCUT2D eigenvalue weighted by atomic mass is 16.6. The number of ether oxygens (including phenoxy) is 3. The molecule has 4 rings (SSSR count). The van der Waals surface area contributed by atoms with Crippen LogP contribution >= 0.6 is 0 Å².